The van der Waals surface area contributed by atoms with Gasteiger partial charge in [0.1, 0.15) is 0 Å². The molecule has 1 saturated heterocycles. The SMILES string of the molecule is CC.C[C@H]1CCN(C)CC1O. The normalized spacial score (nSPS) is 32.5. The molecular weight excluding hydrogens is 138 g/mol. The number of β-amino-alcohol motifs (C(OH)–C–C–N with tert-alkyl or cyclic N) is 1. The van der Waals surface area contributed by atoms with Gasteiger partial charge in [-0.1, -0.05) is 20.8 Å². The Morgan fingerprint density at radius 2 is 1.91 bits per heavy atom. The van der Waals surface area contributed by atoms with Gasteiger partial charge in [-0.15, -0.1) is 0 Å². The van der Waals surface area contributed by atoms with Crippen LogP contribution < -0.4 is 0 Å². The van der Waals surface area contributed by atoms with Gasteiger partial charge in [-0.25, -0.2) is 0 Å². The average molecular weight is 159 g/mol. The number of likely N-dealkylation sites (N-methyl/N-ethyl adjacent to an activating group) is 1. The van der Waals surface area contributed by atoms with E-state index in [4.69, 9.17) is 0 Å². The lowest BCUT2D eigenvalue weighted by atomic mass is 9.97. The Morgan fingerprint density at radius 1 is 1.36 bits per heavy atom. The summed E-state index contributed by atoms with van der Waals surface area (Å²) in [6.45, 7) is 8.09. The Morgan fingerprint density at radius 3 is 2.27 bits per heavy atom. The fourth-order valence-corrected chi connectivity index (χ4v) is 1.21. The summed E-state index contributed by atoms with van der Waals surface area (Å²) >= 11 is 0. The topological polar surface area (TPSA) is 23.5 Å². The molecule has 1 rings (SSSR count). The van der Waals surface area contributed by atoms with E-state index in [9.17, 15) is 5.11 Å². The molecule has 11 heavy (non-hydrogen) atoms. The fourth-order valence-electron chi connectivity index (χ4n) is 1.21. The second kappa shape index (κ2) is 5.56. The molecule has 2 nitrogen and oxygen atoms in total. The van der Waals surface area contributed by atoms with E-state index >= 15 is 0 Å². The first-order chi connectivity index (χ1) is 5.20. The lowest BCUT2D eigenvalue weighted by Gasteiger charge is -2.31. The summed E-state index contributed by atoms with van der Waals surface area (Å²) in [6.07, 6.45) is 1.04. The standard InChI is InChI=1S/C7H15NO.C2H6/c1-6-3-4-8(2)5-7(6)9;1-2/h6-7,9H,3-5H2,1-2H3;1-2H3/t6-,7?;/m0./s1. The van der Waals surface area contributed by atoms with E-state index in [1.54, 1.807) is 0 Å². The summed E-state index contributed by atoms with van der Waals surface area (Å²) in [4.78, 5) is 2.17. The van der Waals surface area contributed by atoms with Gasteiger partial charge >= 0.3 is 0 Å². The van der Waals surface area contributed by atoms with Gasteiger partial charge in [-0.3, -0.25) is 0 Å². The number of aliphatic hydroxyl groups excluding tert-OH is 1. The number of nitrogens with zero attached hydrogens (tertiary/aromatic N) is 1. The highest BCUT2D eigenvalue weighted by Gasteiger charge is 2.21. The number of rotatable bonds is 0. The van der Waals surface area contributed by atoms with Crippen molar-refractivity contribution in [3.63, 3.8) is 0 Å². The van der Waals surface area contributed by atoms with Crippen molar-refractivity contribution in [2.75, 3.05) is 20.1 Å². The second-order valence-electron chi connectivity index (χ2n) is 3.10. The molecule has 0 spiro atoms. The third-order valence-electron chi connectivity index (χ3n) is 2.12. The molecule has 0 radical (unpaired) electrons. The third-order valence-corrected chi connectivity index (χ3v) is 2.12. The van der Waals surface area contributed by atoms with Gasteiger partial charge in [0.05, 0.1) is 6.10 Å². The van der Waals surface area contributed by atoms with Crippen LogP contribution in [0.4, 0.5) is 0 Å². The molecular formula is C9H21NO. The maximum absolute atomic E-state index is 9.31. The van der Waals surface area contributed by atoms with Gasteiger partial charge in [0.2, 0.25) is 0 Å². The van der Waals surface area contributed by atoms with Crippen LogP contribution in [0.2, 0.25) is 0 Å². The van der Waals surface area contributed by atoms with E-state index < -0.39 is 0 Å². The third kappa shape index (κ3) is 3.73. The van der Waals surface area contributed by atoms with E-state index in [-0.39, 0.29) is 6.10 Å². The molecule has 1 N–H and O–H groups in total. The zero-order valence-corrected chi connectivity index (χ0v) is 8.17. The van der Waals surface area contributed by atoms with E-state index in [1.165, 1.54) is 0 Å². The molecule has 0 amide bonds. The van der Waals surface area contributed by atoms with Crippen molar-refractivity contribution in [2.24, 2.45) is 5.92 Å². The van der Waals surface area contributed by atoms with Gasteiger partial charge < -0.3 is 10.0 Å². The van der Waals surface area contributed by atoms with Gasteiger partial charge in [-0.2, -0.15) is 0 Å². The predicted octanol–water partition coefficient (Wildman–Crippen LogP) is 1.35. The van der Waals surface area contributed by atoms with Gasteiger partial charge in [0.25, 0.3) is 0 Å². The predicted molar refractivity (Wildman–Crippen MR) is 48.6 cm³/mol. The lowest BCUT2D eigenvalue weighted by molar-refractivity contribution is 0.0404. The Kier molecular flexibility index (Phi) is 5.51. The Labute approximate surface area is 70.2 Å². The largest absolute Gasteiger partial charge is 0.392 e. The van der Waals surface area contributed by atoms with E-state index in [0.717, 1.165) is 19.5 Å². The summed E-state index contributed by atoms with van der Waals surface area (Å²) in [5.41, 5.74) is 0. The van der Waals surface area contributed by atoms with E-state index in [1.807, 2.05) is 13.8 Å². The molecule has 1 unspecified atom stereocenters. The highest BCUT2D eigenvalue weighted by atomic mass is 16.3. The number of hydrogen-bond acceptors (Lipinski definition) is 2. The van der Waals surface area contributed by atoms with Crippen LogP contribution in [-0.4, -0.2) is 36.2 Å². The van der Waals surface area contributed by atoms with Crippen LogP contribution in [0, 0.1) is 5.92 Å². The molecule has 2 heteroatoms. The van der Waals surface area contributed by atoms with Crippen molar-refractivity contribution in [1.82, 2.24) is 4.90 Å². The summed E-state index contributed by atoms with van der Waals surface area (Å²) in [5.74, 6) is 0.501. The van der Waals surface area contributed by atoms with Gasteiger partial charge in [-0.05, 0) is 25.9 Å². The van der Waals surface area contributed by atoms with E-state index in [0.29, 0.717) is 5.92 Å². The van der Waals surface area contributed by atoms with Crippen molar-refractivity contribution in [2.45, 2.75) is 33.3 Å². The quantitative estimate of drug-likeness (QED) is 0.576. The lowest BCUT2D eigenvalue weighted by Crippen LogP contribution is -2.40. The maximum atomic E-state index is 9.31. The van der Waals surface area contributed by atoms with Crippen LogP contribution in [0.1, 0.15) is 27.2 Å². The van der Waals surface area contributed by atoms with Crippen LogP contribution in [0.25, 0.3) is 0 Å². The van der Waals surface area contributed by atoms with E-state index in [2.05, 4.69) is 18.9 Å². The molecule has 1 fully saturated rings. The molecule has 0 aromatic carbocycles. The molecule has 0 aromatic rings. The number of likely N-dealkylation sites (tertiary alicyclic amines) is 1. The Hall–Kier alpha value is -0.0800. The minimum absolute atomic E-state index is 0.0938. The van der Waals surface area contributed by atoms with Crippen molar-refractivity contribution in [1.29, 1.82) is 0 Å². The van der Waals surface area contributed by atoms with Crippen molar-refractivity contribution >= 4 is 0 Å². The molecule has 0 aliphatic carbocycles. The smallest absolute Gasteiger partial charge is 0.0692 e. The van der Waals surface area contributed by atoms with Gasteiger partial charge in [0.15, 0.2) is 0 Å². The summed E-state index contributed by atoms with van der Waals surface area (Å²) < 4.78 is 0. The van der Waals surface area contributed by atoms with Crippen LogP contribution in [0.15, 0.2) is 0 Å². The minimum Gasteiger partial charge on any atom is -0.392 e. The van der Waals surface area contributed by atoms with Crippen LogP contribution in [-0.2, 0) is 0 Å². The molecule has 68 valence electrons. The van der Waals surface area contributed by atoms with Gasteiger partial charge in [0, 0.05) is 6.54 Å². The highest BCUT2D eigenvalue weighted by molar-refractivity contribution is 4.74. The molecule has 0 bridgehead atoms. The monoisotopic (exact) mass is 159 g/mol. The first-order valence-corrected chi connectivity index (χ1v) is 4.57. The average Bonchev–Trinajstić information content (AvgIpc) is 2.02. The number of piperidine rings is 1. The molecule has 0 aromatic heterocycles. The van der Waals surface area contributed by atoms with Crippen molar-refractivity contribution in [3.8, 4) is 0 Å². The minimum atomic E-state index is -0.0938. The zero-order chi connectivity index (χ0) is 8.85. The highest BCUT2D eigenvalue weighted by Crippen LogP contribution is 2.14. The Balaban J connectivity index is 0.000000461. The second-order valence-corrected chi connectivity index (χ2v) is 3.10. The summed E-state index contributed by atoms with van der Waals surface area (Å²) in [7, 11) is 2.05. The van der Waals surface area contributed by atoms with Crippen LogP contribution >= 0.6 is 0 Å². The Bertz CT molecular complexity index is 95.6. The van der Waals surface area contributed by atoms with Crippen LogP contribution in [0.3, 0.4) is 0 Å². The molecule has 2 atom stereocenters. The van der Waals surface area contributed by atoms with Crippen molar-refractivity contribution in [3.05, 3.63) is 0 Å². The number of aliphatic hydroxyl groups is 1. The molecule has 1 aliphatic rings. The zero-order valence-electron chi connectivity index (χ0n) is 8.17. The number of hydrogen-bond donors (Lipinski definition) is 1. The molecule has 1 aliphatic heterocycles. The summed E-state index contributed by atoms with van der Waals surface area (Å²) in [6, 6.07) is 0. The summed E-state index contributed by atoms with van der Waals surface area (Å²) in [5, 5.41) is 9.31. The molecule has 1 heterocycles. The molecule has 0 saturated carbocycles. The van der Waals surface area contributed by atoms with Crippen molar-refractivity contribution < 1.29 is 5.11 Å². The first-order valence-electron chi connectivity index (χ1n) is 4.57. The first kappa shape index (κ1) is 10.9. The fraction of sp³-hybridized carbons (Fsp3) is 1.00. The van der Waals surface area contributed by atoms with Crippen LogP contribution in [0.5, 0.6) is 0 Å². The maximum Gasteiger partial charge on any atom is 0.0692 e.